The van der Waals surface area contributed by atoms with Crippen LogP contribution in [0.5, 0.6) is 5.75 Å². The lowest BCUT2D eigenvalue weighted by Gasteiger charge is -2.20. The van der Waals surface area contributed by atoms with Gasteiger partial charge in [0.2, 0.25) is 0 Å². The molecule has 0 saturated heterocycles. The van der Waals surface area contributed by atoms with E-state index in [1.165, 1.54) is 0 Å². The maximum absolute atomic E-state index is 13.1. The lowest BCUT2D eigenvalue weighted by Crippen LogP contribution is -2.16. The summed E-state index contributed by atoms with van der Waals surface area (Å²) in [5.41, 5.74) is 9.46. The first-order chi connectivity index (χ1) is 18.1. The number of aliphatic hydroxyl groups is 1. The zero-order valence-corrected chi connectivity index (χ0v) is 21.9. The van der Waals surface area contributed by atoms with Crippen molar-refractivity contribution in [2.24, 2.45) is 5.73 Å². The molecule has 9 nitrogen and oxygen atoms in total. The quantitative estimate of drug-likeness (QED) is 0.143. The monoisotopic (exact) mass is 538 g/mol. The number of anilines is 2. The van der Waals surface area contributed by atoms with Crippen molar-refractivity contribution in [2.45, 2.75) is 45.9 Å². The van der Waals surface area contributed by atoms with E-state index in [0.717, 1.165) is 11.1 Å². The van der Waals surface area contributed by atoms with Crippen molar-refractivity contribution < 1.29 is 24.5 Å². The molecule has 1 amide bonds. The van der Waals surface area contributed by atoms with Gasteiger partial charge in [-0.05, 0) is 85.5 Å². The summed E-state index contributed by atoms with van der Waals surface area (Å²) in [5.74, 6) is -0.880. The molecule has 0 heterocycles. The molecule has 0 aliphatic rings. The fourth-order valence-electron chi connectivity index (χ4n) is 3.87. The number of ether oxygens (including phenoxy) is 1. The SMILES string of the molecule is CC(C)Oc1cc(CO)cc(CNc2ccc(Cl)cc2C(=O)Nc2ccc(C(=N)N)cc2)c1CCC(=O)O. The molecule has 0 spiro atoms. The van der Waals surface area contributed by atoms with Crippen molar-refractivity contribution in [2.75, 3.05) is 10.6 Å². The molecule has 0 aliphatic carbocycles. The zero-order valence-electron chi connectivity index (χ0n) is 21.2. The van der Waals surface area contributed by atoms with Gasteiger partial charge in [0.1, 0.15) is 11.6 Å². The predicted molar refractivity (Wildman–Crippen MR) is 148 cm³/mol. The van der Waals surface area contributed by atoms with Crippen LogP contribution in [0.2, 0.25) is 5.02 Å². The van der Waals surface area contributed by atoms with Crippen molar-refractivity contribution in [3.05, 3.63) is 87.4 Å². The summed E-state index contributed by atoms with van der Waals surface area (Å²) in [5, 5.41) is 33.0. The molecule has 0 atom stereocenters. The lowest BCUT2D eigenvalue weighted by molar-refractivity contribution is -0.136. The van der Waals surface area contributed by atoms with Crippen LogP contribution in [0.3, 0.4) is 0 Å². The second-order valence-corrected chi connectivity index (χ2v) is 9.38. The molecule has 10 heteroatoms. The third-order valence-corrected chi connectivity index (χ3v) is 5.88. The van der Waals surface area contributed by atoms with Gasteiger partial charge in [-0.25, -0.2) is 0 Å². The molecule has 0 fully saturated rings. The van der Waals surface area contributed by atoms with Gasteiger partial charge >= 0.3 is 5.97 Å². The molecule has 200 valence electrons. The molecule has 3 aromatic rings. The van der Waals surface area contributed by atoms with E-state index in [1.54, 1.807) is 54.6 Å². The van der Waals surface area contributed by atoms with Gasteiger partial charge in [-0.3, -0.25) is 15.0 Å². The summed E-state index contributed by atoms with van der Waals surface area (Å²) < 4.78 is 5.95. The maximum atomic E-state index is 13.1. The molecule has 38 heavy (non-hydrogen) atoms. The number of carboxylic acids is 1. The van der Waals surface area contributed by atoms with Crippen LogP contribution in [0.1, 0.15) is 52.9 Å². The lowest BCUT2D eigenvalue weighted by atomic mass is 9.98. The molecule has 0 bridgehead atoms. The number of amides is 1. The number of nitrogens with two attached hydrogens (primary N) is 1. The van der Waals surface area contributed by atoms with Crippen molar-refractivity contribution in [3.63, 3.8) is 0 Å². The second kappa shape index (κ2) is 12.9. The molecule has 3 aromatic carbocycles. The van der Waals surface area contributed by atoms with Gasteiger partial charge in [-0.1, -0.05) is 17.7 Å². The number of carbonyl (C=O) groups is 2. The van der Waals surface area contributed by atoms with E-state index in [4.69, 9.17) is 27.5 Å². The number of nitrogen functional groups attached to an aromatic ring is 1. The summed E-state index contributed by atoms with van der Waals surface area (Å²) >= 11 is 6.20. The van der Waals surface area contributed by atoms with Crippen LogP contribution >= 0.6 is 11.6 Å². The van der Waals surface area contributed by atoms with Crippen LogP contribution in [-0.4, -0.2) is 34.0 Å². The number of carboxylic acid groups (broad SMARTS) is 1. The Morgan fingerprint density at radius 2 is 1.82 bits per heavy atom. The van der Waals surface area contributed by atoms with Crippen LogP contribution in [0, 0.1) is 5.41 Å². The Balaban J connectivity index is 1.90. The number of benzene rings is 3. The van der Waals surface area contributed by atoms with Crippen molar-refractivity contribution >= 4 is 40.7 Å². The van der Waals surface area contributed by atoms with Crippen LogP contribution in [-0.2, 0) is 24.4 Å². The number of rotatable bonds is 12. The minimum atomic E-state index is -0.932. The summed E-state index contributed by atoms with van der Waals surface area (Å²) in [4.78, 5) is 24.4. The Morgan fingerprint density at radius 3 is 2.42 bits per heavy atom. The fourth-order valence-corrected chi connectivity index (χ4v) is 4.04. The minimum Gasteiger partial charge on any atom is -0.491 e. The fraction of sp³-hybridized carbons (Fsp3) is 0.250. The predicted octanol–water partition coefficient (Wildman–Crippen LogP) is 4.79. The highest BCUT2D eigenvalue weighted by Crippen LogP contribution is 2.30. The minimum absolute atomic E-state index is 0.0702. The van der Waals surface area contributed by atoms with Crippen LogP contribution in [0.25, 0.3) is 0 Å². The number of nitrogens with one attached hydrogen (secondary N) is 3. The van der Waals surface area contributed by atoms with E-state index in [1.807, 2.05) is 13.8 Å². The smallest absolute Gasteiger partial charge is 0.303 e. The van der Waals surface area contributed by atoms with Gasteiger partial charge in [-0.15, -0.1) is 0 Å². The largest absolute Gasteiger partial charge is 0.491 e. The first-order valence-electron chi connectivity index (χ1n) is 12.0. The van der Waals surface area contributed by atoms with E-state index in [2.05, 4.69) is 10.6 Å². The number of aliphatic carboxylic acids is 1. The Kier molecular flexibility index (Phi) is 9.70. The molecule has 0 unspecified atom stereocenters. The molecule has 3 rings (SSSR count). The number of amidine groups is 1. The highest BCUT2D eigenvalue weighted by Gasteiger charge is 2.17. The Bertz CT molecular complexity index is 1330. The molecule has 7 N–H and O–H groups in total. The van der Waals surface area contributed by atoms with E-state index in [0.29, 0.717) is 38.8 Å². The molecule has 0 saturated carbocycles. The molecule has 0 aliphatic heterocycles. The Hall–Kier alpha value is -4.08. The van der Waals surface area contributed by atoms with E-state index in [9.17, 15) is 19.8 Å². The molecule has 0 radical (unpaired) electrons. The first-order valence-corrected chi connectivity index (χ1v) is 12.4. The van der Waals surface area contributed by atoms with Crippen molar-refractivity contribution in [1.82, 2.24) is 0 Å². The van der Waals surface area contributed by atoms with Gasteiger partial charge in [0, 0.05) is 34.9 Å². The van der Waals surface area contributed by atoms with Crippen LogP contribution in [0.4, 0.5) is 11.4 Å². The highest BCUT2D eigenvalue weighted by atomic mass is 35.5. The number of hydrogen-bond acceptors (Lipinski definition) is 6. The highest BCUT2D eigenvalue weighted by molar-refractivity contribution is 6.31. The Morgan fingerprint density at radius 1 is 1.11 bits per heavy atom. The molecular formula is C28H31ClN4O5. The van der Waals surface area contributed by atoms with Crippen LogP contribution < -0.4 is 21.1 Å². The summed E-state index contributed by atoms with van der Waals surface area (Å²) in [6, 6.07) is 15.0. The van der Waals surface area contributed by atoms with Crippen molar-refractivity contribution in [3.8, 4) is 5.75 Å². The standard InChI is InChI=1S/C28H31ClN4O5/c1-16(2)38-25-12-17(15-34)11-19(22(25)8-10-26(35)36)14-32-24-9-5-20(29)13-23(24)28(37)33-21-6-3-18(4-7-21)27(30)31/h3-7,9,11-13,16,32,34H,8,10,14-15H2,1-2H3,(H3,30,31)(H,33,37)(H,35,36). The number of aliphatic hydroxyl groups excluding tert-OH is 1. The number of hydrogen-bond donors (Lipinski definition) is 6. The normalized spacial score (nSPS) is 10.8. The van der Waals surface area contributed by atoms with E-state index < -0.39 is 11.9 Å². The molecular weight excluding hydrogens is 508 g/mol. The van der Waals surface area contributed by atoms with E-state index >= 15 is 0 Å². The average Bonchev–Trinajstić information content (AvgIpc) is 2.86. The second-order valence-electron chi connectivity index (χ2n) is 8.94. The van der Waals surface area contributed by atoms with Gasteiger partial charge in [0.15, 0.2) is 0 Å². The third-order valence-electron chi connectivity index (χ3n) is 5.64. The van der Waals surface area contributed by atoms with Gasteiger partial charge < -0.3 is 31.3 Å². The molecule has 0 aromatic heterocycles. The van der Waals surface area contributed by atoms with Gasteiger partial charge in [0.05, 0.1) is 18.3 Å². The zero-order chi connectivity index (χ0) is 27.8. The number of carbonyl (C=O) groups excluding carboxylic acids is 1. The third kappa shape index (κ3) is 7.71. The summed E-state index contributed by atoms with van der Waals surface area (Å²) in [7, 11) is 0. The van der Waals surface area contributed by atoms with E-state index in [-0.39, 0.29) is 37.9 Å². The topological polar surface area (TPSA) is 158 Å². The van der Waals surface area contributed by atoms with Gasteiger partial charge in [-0.2, -0.15) is 0 Å². The van der Waals surface area contributed by atoms with Gasteiger partial charge in [0.25, 0.3) is 5.91 Å². The average molecular weight is 539 g/mol. The maximum Gasteiger partial charge on any atom is 0.303 e. The summed E-state index contributed by atoms with van der Waals surface area (Å²) in [6.07, 6.45) is 0.00534. The summed E-state index contributed by atoms with van der Waals surface area (Å²) in [6.45, 7) is 3.78. The first kappa shape index (κ1) is 28.5. The Labute approximate surface area is 226 Å². The number of halogens is 1. The van der Waals surface area contributed by atoms with Crippen LogP contribution in [0.15, 0.2) is 54.6 Å². The van der Waals surface area contributed by atoms with Crippen molar-refractivity contribution in [1.29, 1.82) is 5.41 Å².